The summed E-state index contributed by atoms with van der Waals surface area (Å²) in [7, 11) is -1.97. The zero-order chi connectivity index (χ0) is 31.4. The van der Waals surface area contributed by atoms with Gasteiger partial charge in [-0.1, -0.05) is 90.2 Å². The zero-order valence-electron chi connectivity index (χ0n) is 25.5. The standard InChI is InChI=1S/C34H38BrCl2NO4Si/c1-22(39)23-8-14-29-28(17-23)31(40)38(19-24-7-11-27(37)18-30(24)35)34(29,25-9-12-26(36)13-10-25)41-20-33(15-16-33)21-42-43(5,6)32(2,3)4/h7-14,17-18H,15-16,19-21H2,1-6H3. The monoisotopic (exact) mass is 701 g/mol. The van der Waals surface area contributed by atoms with Crippen molar-refractivity contribution < 1.29 is 18.8 Å². The molecule has 9 heteroatoms. The van der Waals surface area contributed by atoms with Crippen LogP contribution in [0.25, 0.3) is 0 Å². The summed E-state index contributed by atoms with van der Waals surface area (Å²) in [4.78, 5) is 28.5. The van der Waals surface area contributed by atoms with Gasteiger partial charge in [0.2, 0.25) is 0 Å². The Balaban J connectivity index is 1.61. The van der Waals surface area contributed by atoms with Crippen molar-refractivity contribution in [1.29, 1.82) is 0 Å². The van der Waals surface area contributed by atoms with Crippen LogP contribution in [0.5, 0.6) is 0 Å². The molecule has 1 fully saturated rings. The molecule has 228 valence electrons. The number of carbonyl (C=O) groups excluding carboxylic acids is 2. The molecule has 0 N–H and O–H groups in total. The molecule has 1 aliphatic carbocycles. The predicted octanol–water partition coefficient (Wildman–Crippen LogP) is 9.63. The Bertz CT molecular complexity index is 1570. The third-order valence-corrected chi connectivity index (χ3v) is 15.0. The molecular weight excluding hydrogens is 665 g/mol. The van der Waals surface area contributed by atoms with Gasteiger partial charge in [-0.25, -0.2) is 0 Å². The summed E-state index contributed by atoms with van der Waals surface area (Å²) in [6.07, 6.45) is 1.98. The first-order valence-corrected chi connectivity index (χ1v) is 19.0. The van der Waals surface area contributed by atoms with Crippen LogP contribution in [-0.2, 0) is 21.4 Å². The molecule has 5 rings (SSSR count). The number of halogens is 3. The average Bonchev–Trinajstić information content (AvgIpc) is 3.68. The average molecular weight is 704 g/mol. The number of ether oxygens (including phenoxy) is 1. The lowest BCUT2D eigenvalue weighted by Crippen LogP contribution is -2.48. The summed E-state index contributed by atoms with van der Waals surface area (Å²) >= 11 is 16.2. The van der Waals surface area contributed by atoms with Crippen molar-refractivity contribution >= 4 is 59.1 Å². The summed E-state index contributed by atoms with van der Waals surface area (Å²) in [5, 5.41) is 1.28. The first-order chi connectivity index (χ1) is 20.1. The molecule has 1 atom stereocenters. The van der Waals surface area contributed by atoms with Gasteiger partial charge < -0.3 is 9.16 Å². The molecule has 1 aliphatic heterocycles. The lowest BCUT2D eigenvalue weighted by atomic mass is 9.91. The topological polar surface area (TPSA) is 55.8 Å². The van der Waals surface area contributed by atoms with E-state index in [1.54, 1.807) is 17.0 Å². The van der Waals surface area contributed by atoms with Crippen LogP contribution in [0.1, 0.15) is 77.9 Å². The minimum absolute atomic E-state index is 0.0997. The highest BCUT2D eigenvalue weighted by Gasteiger charge is 2.55. The fourth-order valence-electron chi connectivity index (χ4n) is 5.21. The van der Waals surface area contributed by atoms with Gasteiger partial charge in [0.05, 0.1) is 13.2 Å². The van der Waals surface area contributed by atoms with Gasteiger partial charge in [0.15, 0.2) is 19.8 Å². The quantitative estimate of drug-likeness (QED) is 0.156. The lowest BCUT2D eigenvalue weighted by Gasteiger charge is -2.41. The van der Waals surface area contributed by atoms with Crippen LogP contribution >= 0.6 is 39.1 Å². The third kappa shape index (κ3) is 6.27. The molecule has 1 amide bonds. The maximum absolute atomic E-state index is 14.4. The Morgan fingerprint density at radius 3 is 2.21 bits per heavy atom. The number of amides is 1. The molecule has 0 aromatic heterocycles. The van der Waals surface area contributed by atoms with E-state index in [1.807, 2.05) is 48.5 Å². The number of hydrogen-bond donors (Lipinski definition) is 0. The Morgan fingerprint density at radius 1 is 0.977 bits per heavy atom. The van der Waals surface area contributed by atoms with Crippen LogP contribution in [0.4, 0.5) is 0 Å². The van der Waals surface area contributed by atoms with E-state index in [2.05, 4.69) is 49.8 Å². The molecule has 0 saturated heterocycles. The predicted molar refractivity (Wildman–Crippen MR) is 178 cm³/mol. The number of nitrogens with zero attached hydrogens (tertiary/aromatic N) is 1. The third-order valence-electron chi connectivity index (χ3n) is 9.32. The van der Waals surface area contributed by atoms with Crippen LogP contribution in [0, 0.1) is 5.41 Å². The highest BCUT2D eigenvalue weighted by molar-refractivity contribution is 9.10. The van der Waals surface area contributed by atoms with E-state index in [0.29, 0.717) is 39.9 Å². The van der Waals surface area contributed by atoms with E-state index in [1.165, 1.54) is 6.92 Å². The van der Waals surface area contributed by atoms with Crippen LogP contribution in [0.2, 0.25) is 28.2 Å². The highest BCUT2D eigenvalue weighted by Crippen LogP contribution is 2.53. The van der Waals surface area contributed by atoms with Crippen molar-refractivity contribution in [1.82, 2.24) is 4.90 Å². The second-order valence-corrected chi connectivity index (χ2v) is 20.0. The van der Waals surface area contributed by atoms with Crippen molar-refractivity contribution in [2.24, 2.45) is 5.41 Å². The number of rotatable bonds is 10. The van der Waals surface area contributed by atoms with Gasteiger partial charge in [-0.3, -0.25) is 14.5 Å². The Hall–Kier alpha value is -2.00. The fraction of sp³-hybridized carbons (Fsp3) is 0.412. The SMILES string of the molecule is CC(=O)c1ccc2c(c1)C(=O)N(Cc1ccc(Cl)cc1Br)C2(OCC1(CO[Si](C)(C)C(C)(C)C)CC1)c1ccc(Cl)cc1. The van der Waals surface area contributed by atoms with Crippen molar-refractivity contribution in [2.45, 2.75) is 70.9 Å². The molecule has 1 saturated carbocycles. The summed E-state index contributed by atoms with van der Waals surface area (Å²) in [6.45, 7) is 14.0. The van der Waals surface area contributed by atoms with Crippen molar-refractivity contribution in [3.05, 3.63) is 103 Å². The summed E-state index contributed by atoms with van der Waals surface area (Å²) in [6, 6.07) is 18.3. The van der Waals surface area contributed by atoms with Crippen LogP contribution < -0.4 is 0 Å². The molecule has 3 aromatic rings. The molecule has 2 aliphatic rings. The number of hydrogen-bond acceptors (Lipinski definition) is 4. The number of ketones is 1. The number of fused-ring (bicyclic) bond motifs is 1. The second kappa shape index (κ2) is 11.7. The van der Waals surface area contributed by atoms with Crippen LogP contribution in [0.3, 0.4) is 0 Å². The summed E-state index contributed by atoms with van der Waals surface area (Å²) in [5.74, 6) is -0.315. The molecular formula is C34H38BrCl2NO4Si. The Labute approximate surface area is 274 Å². The number of benzene rings is 3. The highest BCUT2D eigenvalue weighted by atomic mass is 79.9. The van der Waals surface area contributed by atoms with Crippen molar-refractivity contribution in [3.8, 4) is 0 Å². The molecule has 43 heavy (non-hydrogen) atoms. The van der Waals surface area contributed by atoms with Crippen LogP contribution in [-0.4, -0.2) is 38.1 Å². The molecule has 1 heterocycles. The van der Waals surface area contributed by atoms with E-state index >= 15 is 0 Å². The number of Topliss-reactive ketones (excluding diaryl/α,β-unsaturated/α-hetero) is 1. The molecule has 0 radical (unpaired) electrons. The first kappa shape index (κ1) is 32.4. The normalized spacial score (nSPS) is 19.5. The van der Waals surface area contributed by atoms with E-state index in [-0.39, 0.29) is 28.7 Å². The van der Waals surface area contributed by atoms with Gasteiger partial charge in [0.1, 0.15) is 0 Å². The van der Waals surface area contributed by atoms with E-state index in [4.69, 9.17) is 32.4 Å². The fourth-order valence-corrected chi connectivity index (χ4v) is 7.25. The van der Waals surface area contributed by atoms with Gasteiger partial charge in [-0.15, -0.1) is 0 Å². The Morgan fingerprint density at radius 2 is 1.63 bits per heavy atom. The molecule has 3 aromatic carbocycles. The van der Waals surface area contributed by atoms with Gasteiger partial charge in [-0.2, -0.15) is 0 Å². The van der Waals surface area contributed by atoms with E-state index in [9.17, 15) is 9.59 Å². The first-order valence-electron chi connectivity index (χ1n) is 14.5. The van der Waals surface area contributed by atoms with Crippen molar-refractivity contribution in [2.75, 3.05) is 13.2 Å². The largest absolute Gasteiger partial charge is 0.416 e. The van der Waals surface area contributed by atoms with Gasteiger partial charge in [-0.05, 0) is 73.8 Å². The van der Waals surface area contributed by atoms with E-state index in [0.717, 1.165) is 28.4 Å². The maximum atomic E-state index is 14.4. The van der Waals surface area contributed by atoms with Gasteiger partial charge in [0, 0.05) is 48.8 Å². The summed E-state index contributed by atoms with van der Waals surface area (Å²) < 4.78 is 14.6. The molecule has 0 spiro atoms. The zero-order valence-corrected chi connectivity index (χ0v) is 29.6. The van der Waals surface area contributed by atoms with Crippen molar-refractivity contribution in [3.63, 3.8) is 0 Å². The second-order valence-electron chi connectivity index (χ2n) is 13.4. The minimum atomic E-state index is -1.97. The molecule has 1 unspecified atom stereocenters. The van der Waals surface area contributed by atoms with Gasteiger partial charge in [0.25, 0.3) is 5.91 Å². The molecule has 5 nitrogen and oxygen atoms in total. The Kier molecular flexibility index (Phi) is 8.84. The smallest absolute Gasteiger partial charge is 0.257 e. The van der Waals surface area contributed by atoms with Gasteiger partial charge >= 0.3 is 0 Å². The maximum Gasteiger partial charge on any atom is 0.257 e. The van der Waals surface area contributed by atoms with Crippen LogP contribution in [0.15, 0.2) is 65.1 Å². The number of carbonyl (C=O) groups is 2. The lowest BCUT2D eigenvalue weighted by molar-refractivity contribution is -0.128. The minimum Gasteiger partial charge on any atom is -0.416 e. The van der Waals surface area contributed by atoms with E-state index < -0.39 is 14.0 Å². The summed E-state index contributed by atoms with van der Waals surface area (Å²) in [5.41, 5.74) is 1.91. The molecule has 0 bridgehead atoms.